The van der Waals surface area contributed by atoms with E-state index in [2.05, 4.69) is 10.2 Å². The number of cyclic esters (lactones) is 1. The molecule has 0 aromatic carbocycles. The van der Waals surface area contributed by atoms with Crippen LogP contribution in [0.1, 0.15) is 6.42 Å². The minimum Gasteiger partial charge on any atom is -0.465 e. The number of rotatable bonds is 5. The number of primary amides is 1. The van der Waals surface area contributed by atoms with Crippen molar-refractivity contribution < 1.29 is 14.3 Å². The average molecular weight is 291 g/mol. The van der Waals surface area contributed by atoms with Gasteiger partial charge in [-0.25, -0.2) is 0 Å². The Kier molecular flexibility index (Phi) is 4.24. The van der Waals surface area contributed by atoms with Crippen LogP contribution in [0.4, 0.5) is 0 Å². The Labute approximate surface area is 110 Å². The molecule has 92 valence electrons. The Hall–Kier alpha value is -0.800. The molecule has 9 heteroatoms. The molecule has 1 aliphatic rings. The van der Waals surface area contributed by atoms with Gasteiger partial charge in [0.2, 0.25) is 5.91 Å². The van der Waals surface area contributed by atoms with Crippen LogP contribution in [0.15, 0.2) is 8.68 Å². The van der Waals surface area contributed by atoms with Crippen molar-refractivity contribution in [2.45, 2.75) is 20.4 Å². The van der Waals surface area contributed by atoms with Crippen LogP contribution in [0, 0.1) is 0 Å². The Morgan fingerprint density at radius 2 is 2.29 bits per heavy atom. The molecule has 2 heterocycles. The van der Waals surface area contributed by atoms with Gasteiger partial charge in [0, 0.05) is 6.42 Å². The molecule has 0 aliphatic carbocycles. The van der Waals surface area contributed by atoms with E-state index in [1.807, 2.05) is 0 Å². The number of thioether (sulfide) groups is 2. The molecule has 2 rings (SSSR count). The van der Waals surface area contributed by atoms with E-state index in [0.29, 0.717) is 21.7 Å². The third-order valence-corrected chi connectivity index (χ3v) is 5.26. The first-order chi connectivity index (χ1) is 8.15. The van der Waals surface area contributed by atoms with E-state index in [0.717, 1.165) is 0 Å². The number of amides is 1. The zero-order valence-corrected chi connectivity index (χ0v) is 11.1. The van der Waals surface area contributed by atoms with Gasteiger partial charge in [-0.1, -0.05) is 34.9 Å². The minimum atomic E-state index is -0.390. The maximum Gasteiger partial charge on any atom is 0.319 e. The van der Waals surface area contributed by atoms with E-state index < -0.39 is 5.91 Å². The van der Waals surface area contributed by atoms with Crippen LogP contribution >= 0.6 is 34.9 Å². The fraction of sp³-hybridized carbons (Fsp3) is 0.500. The van der Waals surface area contributed by atoms with Crippen LogP contribution in [-0.4, -0.2) is 39.7 Å². The van der Waals surface area contributed by atoms with Crippen molar-refractivity contribution in [3.63, 3.8) is 0 Å². The molecule has 17 heavy (non-hydrogen) atoms. The van der Waals surface area contributed by atoms with Crippen LogP contribution in [0.3, 0.4) is 0 Å². The number of carbonyl (C=O) groups is 2. The fourth-order valence-corrected chi connectivity index (χ4v) is 4.11. The van der Waals surface area contributed by atoms with Gasteiger partial charge in [-0.15, -0.1) is 10.2 Å². The zero-order valence-electron chi connectivity index (χ0n) is 8.62. The maximum atomic E-state index is 11.2. The predicted octanol–water partition coefficient (Wildman–Crippen LogP) is 0.523. The van der Waals surface area contributed by atoms with Crippen molar-refractivity contribution in [2.24, 2.45) is 5.73 Å². The van der Waals surface area contributed by atoms with E-state index in [-0.39, 0.29) is 17.0 Å². The lowest BCUT2D eigenvalue weighted by molar-refractivity contribution is -0.137. The zero-order chi connectivity index (χ0) is 12.3. The molecule has 1 aromatic rings. The summed E-state index contributed by atoms with van der Waals surface area (Å²) < 4.78 is 6.24. The number of nitrogens with two attached hydrogens (primary N) is 1. The summed E-state index contributed by atoms with van der Waals surface area (Å²) in [7, 11) is 0. The standard InChI is InChI=1S/C8H9N3O3S3/c9-5(12)3-15-7-10-11-8(17-7)16-4-1-2-14-6(4)13/h4H,1-3H2,(H2,9,12)/t4-/m1/s1. The molecule has 0 bridgehead atoms. The summed E-state index contributed by atoms with van der Waals surface area (Å²) in [6.45, 7) is 0.471. The molecule has 0 saturated carbocycles. The van der Waals surface area contributed by atoms with Crippen LogP contribution < -0.4 is 5.73 Å². The van der Waals surface area contributed by atoms with Gasteiger partial charge in [-0.3, -0.25) is 9.59 Å². The first kappa shape index (κ1) is 12.7. The molecule has 1 fully saturated rings. The maximum absolute atomic E-state index is 11.2. The van der Waals surface area contributed by atoms with Gasteiger partial charge < -0.3 is 10.5 Å². The molecular formula is C8H9N3O3S3. The van der Waals surface area contributed by atoms with Crippen molar-refractivity contribution in [3.05, 3.63) is 0 Å². The second-order valence-corrected chi connectivity index (χ2v) is 6.80. The van der Waals surface area contributed by atoms with E-state index in [9.17, 15) is 9.59 Å². The lowest BCUT2D eigenvalue weighted by Gasteiger charge is -1.99. The Morgan fingerprint density at radius 1 is 1.53 bits per heavy atom. The number of ether oxygens (including phenoxy) is 1. The molecule has 1 amide bonds. The highest BCUT2D eigenvalue weighted by molar-refractivity contribution is 8.04. The third kappa shape index (κ3) is 3.58. The van der Waals surface area contributed by atoms with Crippen molar-refractivity contribution in [1.29, 1.82) is 0 Å². The Balaban J connectivity index is 1.89. The second-order valence-electron chi connectivity index (χ2n) is 3.15. The quantitative estimate of drug-likeness (QED) is 0.624. The summed E-state index contributed by atoms with van der Waals surface area (Å²) in [5.74, 6) is -0.402. The van der Waals surface area contributed by atoms with Gasteiger partial charge in [0.05, 0.1) is 12.4 Å². The monoisotopic (exact) mass is 291 g/mol. The van der Waals surface area contributed by atoms with E-state index >= 15 is 0 Å². The summed E-state index contributed by atoms with van der Waals surface area (Å²) in [6.07, 6.45) is 0.701. The number of carbonyl (C=O) groups excluding carboxylic acids is 2. The molecule has 1 aliphatic heterocycles. The molecule has 0 spiro atoms. The number of hydrogen-bond acceptors (Lipinski definition) is 8. The lowest BCUT2D eigenvalue weighted by Crippen LogP contribution is -2.12. The third-order valence-electron chi connectivity index (χ3n) is 1.86. The molecule has 1 saturated heterocycles. The first-order valence-corrected chi connectivity index (χ1v) is 7.41. The van der Waals surface area contributed by atoms with Crippen molar-refractivity contribution >= 4 is 46.7 Å². The molecular weight excluding hydrogens is 282 g/mol. The van der Waals surface area contributed by atoms with E-state index in [1.54, 1.807) is 0 Å². The number of esters is 1. The van der Waals surface area contributed by atoms with Gasteiger partial charge in [0.1, 0.15) is 5.25 Å². The number of hydrogen-bond donors (Lipinski definition) is 1. The highest BCUT2D eigenvalue weighted by Gasteiger charge is 2.28. The summed E-state index contributed by atoms with van der Waals surface area (Å²) in [5.41, 5.74) is 5.03. The summed E-state index contributed by atoms with van der Waals surface area (Å²) in [6, 6.07) is 0. The smallest absolute Gasteiger partial charge is 0.319 e. The first-order valence-electron chi connectivity index (χ1n) is 4.73. The van der Waals surface area contributed by atoms with Gasteiger partial charge in [0.25, 0.3) is 0 Å². The summed E-state index contributed by atoms with van der Waals surface area (Å²) in [5, 5.41) is 7.67. The Morgan fingerprint density at radius 3 is 2.94 bits per heavy atom. The van der Waals surface area contributed by atoms with Gasteiger partial charge >= 0.3 is 5.97 Å². The predicted molar refractivity (Wildman–Crippen MR) is 65.0 cm³/mol. The Bertz CT molecular complexity index is 437. The van der Waals surface area contributed by atoms with Crippen LogP contribution in [0.25, 0.3) is 0 Å². The lowest BCUT2D eigenvalue weighted by atomic mass is 10.4. The average Bonchev–Trinajstić information content (AvgIpc) is 2.87. The normalized spacial score (nSPS) is 19.3. The van der Waals surface area contributed by atoms with E-state index in [4.69, 9.17) is 10.5 Å². The van der Waals surface area contributed by atoms with Crippen LogP contribution in [0.5, 0.6) is 0 Å². The van der Waals surface area contributed by atoms with Crippen LogP contribution in [0.2, 0.25) is 0 Å². The largest absolute Gasteiger partial charge is 0.465 e. The highest BCUT2D eigenvalue weighted by Crippen LogP contribution is 2.34. The fourth-order valence-electron chi connectivity index (χ4n) is 1.14. The SMILES string of the molecule is NC(=O)CSc1nnc(S[C@@H]2CCOC2=O)s1. The molecule has 0 unspecified atom stereocenters. The minimum absolute atomic E-state index is 0.183. The second kappa shape index (κ2) is 5.69. The molecule has 0 radical (unpaired) electrons. The van der Waals surface area contributed by atoms with Crippen molar-refractivity contribution in [1.82, 2.24) is 10.2 Å². The molecule has 1 aromatic heterocycles. The molecule has 1 atom stereocenters. The summed E-state index contributed by atoms with van der Waals surface area (Å²) >= 11 is 3.96. The topological polar surface area (TPSA) is 95.2 Å². The van der Waals surface area contributed by atoms with Crippen molar-refractivity contribution in [2.75, 3.05) is 12.4 Å². The summed E-state index contributed by atoms with van der Waals surface area (Å²) in [4.78, 5) is 21.8. The van der Waals surface area contributed by atoms with Gasteiger partial charge in [-0.05, 0) is 0 Å². The number of aromatic nitrogens is 2. The molecule has 6 nitrogen and oxygen atoms in total. The highest BCUT2D eigenvalue weighted by atomic mass is 32.2. The van der Waals surface area contributed by atoms with Crippen molar-refractivity contribution in [3.8, 4) is 0 Å². The van der Waals surface area contributed by atoms with E-state index in [1.165, 1.54) is 34.9 Å². The van der Waals surface area contributed by atoms with Crippen LogP contribution in [-0.2, 0) is 14.3 Å². The number of nitrogens with zero attached hydrogens (tertiary/aromatic N) is 2. The molecule has 2 N–H and O–H groups in total. The van der Waals surface area contributed by atoms with Gasteiger partial charge in [0.15, 0.2) is 8.68 Å². The van der Waals surface area contributed by atoms with Gasteiger partial charge in [-0.2, -0.15) is 0 Å².